The second-order valence-electron chi connectivity index (χ2n) is 6.06. The number of nitrogens with zero attached hydrogens (tertiary/aromatic N) is 1. The second kappa shape index (κ2) is 3.49. The van der Waals surface area contributed by atoms with Crippen molar-refractivity contribution in [3.8, 4) is 0 Å². The predicted octanol–water partition coefficient (Wildman–Crippen LogP) is 1.84. The molecule has 82 valence electrons. The minimum Gasteiger partial charge on any atom is -0.324 e. The van der Waals surface area contributed by atoms with Crippen LogP contribution in [0.25, 0.3) is 0 Å². The summed E-state index contributed by atoms with van der Waals surface area (Å²) in [5.41, 5.74) is 6.02. The summed E-state index contributed by atoms with van der Waals surface area (Å²) in [5.74, 6) is 2.08. The third-order valence-electron chi connectivity index (χ3n) is 3.77. The molecular formula is C12H24N2. The fraction of sp³-hybridized carbons (Fsp3) is 1.00. The van der Waals surface area contributed by atoms with Crippen molar-refractivity contribution in [3.63, 3.8) is 0 Å². The highest BCUT2D eigenvalue weighted by Crippen LogP contribution is 2.51. The van der Waals surface area contributed by atoms with Gasteiger partial charge in [-0.15, -0.1) is 0 Å². The van der Waals surface area contributed by atoms with E-state index in [-0.39, 0.29) is 5.54 Å². The maximum atomic E-state index is 6.06. The Morgan fingerprint density at radius 2 is 2.07 bits per heavy atom. The first-order chi connectivity index (χ1) is 6.47. The summed E-state index contributed by atoms with van der Waals surface area (Å²) in [6.07, 6.45) is 5.80. The molecule has 2 fully saturated rings. The minimum atomic E-state index is -0.0451. The van der Waals surface area contributed by atoms with Gasteiger partial charge in [-0.25, -0.2) is 0 Å². The van der Waals surface area contributed by atoms with Crippen LogP contribution < -0.4 is 5.73 Å². The molecule has 3 atom stereocenters. The number of nitrogens with two attached hydrogens (primary N) is 1. The van der Waals surface area contributed by atoms with Gasteiger partial charge in [-0.2, -0.15) is 0 Å². The molecule has 0 bridgehead atoms. The SMILES string of the molecule is CN(CC(C)(C)N)C1CCCC2CC21. The van der Waals surface area contributed by atoms with E-state index in [2.05, 4.69) is 25.8 Å². The van der Waals surface area contributed by atoms with Gasteiger partial charge in [0.2, 0.25) is 0 Å². The highest BCUT2D eigenvalue weighted by molar-refractivity contribution is 4.99. The number of likely N-dealkylation sites (N-methyl/N-ethyl adjacent to an activating group) is 1. The fourth-order valence-corrected chi connectivity index (χ4v) is 3.18. The maximum Gasteiger partial charge on any atom is 0.0226 e. The molecule has 0 heterocycles. The molecule has 0 radical (unpaired) electrons. The van der Waals surface area contributed by atoms with Crippen molar-refractivity contribution < 1.29 is 0 Å². The lowest BCUT2D eigenvalue weighted by Gasteiger charge is -2.35. The summed E-state index contributed by atoms with van der Waals surface area (Å²) in [6.45, 7) is 5.27. The van der Waals surface area contributed by atoms with E-state index in [1.807, 2.05) is 0 Å². The van der Waals surface area contributed by atoms with Gasteiger partial charge in [0.15, 0.2) is 0 Å². The van der Waals surface area contributed by atoms with Crippen LogP contribution in [0, 0.1) is 11.8 Å². The number of hydrogen-bond acceptors (Lipinski definition) is 2. The number of hydrogen-bond donors (Lipinski definition) is 1. The van der Waals surface area contributed by atoms with Crippen molar-refractivity contribution in [1.82, 2.24) is 4.90 Å². The van der Waals surface area contributed by atoms with Crippen LogP contribution in [0.15, 0.2) is 0 Å². The van der Waals surface area contributed by atoms with Crippen LogP contribution in [0.2, 0.25) is 0 Å². The zero-order valence-electron chi connectivity index (χ0n) is 9.79. The quantitative estimate of drug-likeness (QED) is 0.746. The van der Waals surface area contributed by atoms with Gasteiger partial charge >= 0.3 is 0 Å². The van der Waals surface area contributed by atoms with Gasteiger partial charge in [-0.05, 0) is 45.6 Å². The Kier molecular flexibility index (Phi) is 2.61. The molecule has 0 aliphatic heterocycles. The Balaban J connectivity index is 1.88. The van der Waals surface area contributed by atoms with Crippen molar-refractivity contribution in [2.24, 2.45) is 17.6 Å². The van der Waals surface area contributed by atoms with E-state index in [0.717, 1.165) is 24.4 Å². The highest BCUT2D eigenvalue weighted by Gasteiger charge is 2.46. The lowest BCUT2D eigenvalue weighted by molar-refractivity contribution is 0.152. The molecule has 14 heavy (non-hydrogen) atoms. The Morgan fingerprint density at radius 1 is 1.36 bits per heavy atom. The van der Waals surface area contributed by atoms with Crippen molar-refractivity contribution >= 4 is 0 Å². The molecule has 2 aliphatic rings. The van der Waals surface area contributed by atoms with Gasteiger partial charge in [-0.1, -0.05) is 12.8 Å². The van der Waals surface area contributed by atoms with Crippen molar-refractivity contribution in [2.45, 2.75) is 51.1 Å². The van der Waals surface area contributed by atoms with E-state index in [1.54, 1.807) is 0 Å². The molecule has 0 spiro atoms. The zero-order chi connectivity index (χ0) is 10.3. The molecule has 2 N–H and O–H groups in total. The highest BCUT2D eigenvalue weighted by atomic mass is 15.2. The van der Waals surface area contributed by atoms with Crippen LogP contribution in [0.1, 0.15) is 39.5 Å². The summed E-state index contributed by atoms with van der Waals surface area (Å²) >= 11 is 0. The van der Waals surface area contributed by atoms with Crippen LogP contribution in [0.5, 0.6) is 0 Å². The molecule has 2 nitrogen and oxygen atoms in total. The molecule has 0 aromatic heterocycles. The Hall–Kier alpha value is -0.0800. The molecule has 2 aliphatic carbocycles. The molecule has 0 aromatic rings. The van der Waals surface area contributed by atoms with Crippen LogP contribution >= 0.6 is 0 Å². The van der Waals surface area contributed by atoms with Crippen molar-refractivity contribution in [1.29, 1.82) is 0 Å². The molecular weight excluding hydrogens is 172 g/mol. The van der Waals surface area contributed by atoms with E-state index in [4.69, 9.17) is 5.73 Å². The minimum absolute atomic E-state index is 0.0451. The largest absolute Gasteiger partial charge is 0.324 e. The first kappa shape index (κ1) is 10.4. The van der Waals surface area contributed by atoms with Crippen LogP contribution in [0.3, 0.4) is 0 Å². The fourth-order valence-electron chi connectivity index (χ4n) is 3.18. The van der Waals surface area contributed by atoms with E-state index in [1.165, 1.54) is 25.7 Å². The number of rotatable bonds is 3. The smallest absolute Gasteiger partial charge is 0.0226 e. The Morgan fingerprint density at radius 3 is 2.71 bits per heavy atom. The van der Waals surface area contributed by atoms with E-state index < -0.39 is 0 Å². The van der Waals surface area contributed by atoms with Crippen molar-refractivity contribution in [2.75, 3.05) is 13.6 Å². The molecule has 0 aromatic carbocycles. The normalized spacial score (nSPS) is 37.1. The summed E-state index contributed by atoms with van der Waals surface area (Å²) in [5, 5.41) is 0. The van der Waals surface area contributed by atoms with Gasteiger partial charge in [0.05, 0.1) is 0 Å². The third-order valence-corrected chi connectivity index (χ3v) is 3.77. The van der Waals surface area contributed by atoms with Crippen LogP contribution in [-0.4, -0.2) is 30.1 Å². The topological polar surface area (TPSA) is 29.3 Å². The van der Waals surface area contributed by atoms with E-state index in [0.29, 0.717) is 0 Å². The van der Waals surface area contributed by atoms with Gasteiger partial charge in [0, 0.05) is 18.1 Å². The van der Waals surface area contributed by atoms with Crippen LogP contribution in [-0.2, 0) is 0 Å². The molecule has 3 unspecified atom stereocenters. The summed E-state index contributed by atoms with van der Waals surface area (Å²) in [4.78, 5) is 2.50. The Bertz CT molecular complexity index is 207. The summed E-state index contributed by atoms with van der Waals surface area (Å²) in [6, 6.07) is 0.830. The predicted molar refractivity (Wildman–Crippen MR) is 60.1 cm³/mol. The van der Waals surface area contributed by atoms with Gasteiger partial charge < -0.3 is 10.6 Å². The summed E-state index contributed by atoms with van der Waals surface area (Å²) in [7, 11) is 2.25. The molecule has 0 amide bonds. The van der Waals surface area contributed by atoms with Gasteiger partial charge in [0.1, 0.15) is 0 Å². The number of fused-ring (bicyclic) bond motifs is 1. The average Bonchev–Trinajstić information content (AvgIpc) is 2.77. The lowest BCUT2D eigenvalue weighted by Crippen LogP contribution is -2.48. The zero-order valence-corrected chi connectivity index (χ0v) is 9.79. The third kappa shape index (κ3) is 2.29. The van der Waals surface area contributed by atoms with Crippen molar-refractivity contribution in [3.05, 3.63) is 0 Å². The first-order valence-electron chi connectivity index (χ1n) is 5.96. The summed E-state index contributed by atoms with van der Waals surface area (Å²) < 4.78 is 0. The van der Waals surface area contributed by atoms with E-state index >= 15 is 0 Å². The molecule has 2 rings (SSSR count). The molecule has 2 heteroatoms. The second-order valence-corrected chi connectivity index (χ2v) is 6.06. The van der Waals surface area contributed by atoms with Gasteiger partial charge in [-0.3, -0.25) is 0 Å². The van der Waals surface area contributed by atoms with Gasteiger partial charge in [0.25, 0.3) is 0 Å². The van der Waals surface area contributed by atoms with E-state index in [9.17, 15) is 0 Å². The standard InChI is InChI=1S/C12H24N2/c1-12(2,13)8-14(3)11-6-4-5-9-7-10(9)11/h9-11H,4-8,13H2,1-3H3. The monoisotopic (exact) mass is 196 g/mol. The molecule has 2 saturated carbocycles. The molecule has 0 saturated heterocycles. The lowest BCUT2D eigenvalue weighted by atomic mass is 9.93. The maximum absolute atomic E-state index is 6.06. The first-order valence-corrected chi connectivity index (χ1v) is 5.96. The average molecular weight is 196 g/mol. The Labute approximate surface area is 87.8 Å². The van der Waals surface area contributed by atoms with Crippen LogP contribution in [0.4, 0.5) is 0 Å².